The van der Waals surface area contributed by atoms with Crippen LogP contribution in [0.5, 0.6) is 11.5 Å². The van der Waals surface area contributed by atoms with Crippen LogP contribution in [0.2, 0.25) is 0 Å². The van der Waals surface area contributed by atoms with E-state index in [1.807, 2.05) is 106 Å². The Bertz CT molecular complexity index is 1660. The lowest BCUT2D eigenvalue weighted by Crippen LogP contribution is -2.53. The van der Waals surface area contributed by atoms with E-state index in [-0.39, 0.29) is 24.8 Å². The summed E-state index contributed by atoms with van der Waals surface area (Å²) in [4.78, 5) is 29.6. The zero-order chi connectivity index (χ0) is 32.4. The van der Waals surface area contributed by atoms with E-state index in [4.69, 9.17) is 4.74 Å². The Hall–Kier alpha value is -4.63. The van der Waals surface area contributed by atoms with E-state index in [0.717, 1.165) is 27.3 Å². The molecule has 0 aromatic heterocycles. The monoisotopic (exact) mass is 627 g/mol. The molecule has 0 saturated carbocycles. The van der Waals surface area contributed by atoms with Crippen LogP contribution in [0.3, 0.4) is 0 Å². The average molecular weight is 628 g/mol. The molecular weight excluding hydrogens is 586 g/mol. The van der Waals surface area contributed by atoms with Gasteiger partial charge in [-0.3, -0.25) is 13.9 Å². The fourth-order valence-corrected chi connectivity index (χ4v) is 5.72. The Labute approximate surface area is 266 Å². The van der Waals surface area contributed by atoms with Gasteiger partial charge in [0.05, 0.1) is 11.9 Å². The first kappa shape index (κ1) is 33.3. The van der Waals surface area contributed by atoms with Crippen LogP contribution < -0.4 is 14.4 Å². The van der Waals surface area contributed by atoms with Crippen LogP contribution >= 0.6 is 0 Å². The van der Waals surface area contributed by atoms with Crippen LogP contribution in [0, 0.1) is 12.8 Å². The van der Waals surface area contributed by atoms with E-state index in [2.05, 4.69) is 5.32 Å². The van der Waals surface area contributed by atoms with Crippen molar-refractivity contribution >= 4 is 27.5 Å². The molecule has 0 aliphatic carbocycles. The van der Waals surface area contributed by atoms with Crippen LogP contribution in [0.1, 0.15) is 30.5 Å². The fourth-order valence-electron chi connectivity index (χ4n) is 4.87. The van der Waals surface area contributed by atoms with Gasteiger partial charge in [-0.2, -0.15) is 0 Å². The standard InChI is InChI=1S/C36H41N3O5S/c1-27(2)24-37-36(41)34(23-29-14-7-5-8-15-29)38(25-30-16-12-11-13-28(30)3)35(40)26-39(45(4,42)43)31-19-21-33(22-20-31)44-32-17-9-6-10-18-32/h5-22,27,34H,23-26H2,1-4H3,(H,37,41)/t34-/m1/s1. The lowest BCUT2D eigenvalue weighted by atomic mass is 10.0. The Kier molecular flexibility index (Phi) is 11.4. The number of ether oxygens (including phenoxy) is 1. The van der Waals surface area contributed by atoms with E-state index in [0.29, 0.717) is 23.7 Å². The second-order valence-corrected chi connectivity index (χ2v) is 13.4. The molecule has 1 N–H and O–H groups in total. The largest absolute Gasteiger partial charge is 0.457 e. The van der Waals surface area contributed by atoms with Gasteiger partial charge in [0.1, 0.15) is 24.1 Å². The van der Waals surface area contributed by atoms with Crippen molar-refractivity contribution in [2.45, 2.75) is 39.8 Å². The number of aryl methyl sites for hydroxylation is 1. The smallest absolute Gasteiger partial charge is 0.244 e. The van der Waals surface area contributed by atoms with Gasteiger partial charge >= 0.3 is 0 Å². The van der Waals surface area contributed by atoms with Crippen LogP contribution in [0.25, 0.3) is 0 Å². The summed E-state index contributed by atoms with van der Waals surface area (Å²) in [6.45, 7) is 6.06. The quantitative estimate of drug-likeness (QED) is 0.186. The first-order chi connectivity index (χ1) is 21.5. The first-order valence-electron chi connectivity index (χ1n) is 15.0. The van der Waals surface area contributed by atoms with Crippen LogP contribution in [-0.2, 0) is 32.6 Å². The molecule has 0 aliphatic heterocycles. The number of benzene rings is 4. The molecule has 4 aromatic rings. The molecule has 0 unspecified atom stereocenters. The number of nitrogens with zero attached hydrogens (tertiary/aromatic N) is 2. The number of hydrogen-bond acceptors (Lipinski definition) is 5. The van der Waals surface area contributed by atoms with Crippen molar-refractivity contribution in [2.24, 2.45) is 5.92 Å². The lowest BCUT2D eigenvalue weighted by molar-refractivity contribution is -0.140. The second kappa shape index (κ2) is 15.4. The molecule has 0 fully saturated rings. The van der Waals surface area contributed by atoms with E-state index in [1.54, 1.807) is 24.3 Å². The van der Waals surface area contributed by atoms with Crippen LogP contribution in [0.15, 0.2) is 109 Å². The molecule has 9 heteroatoms. The van der Waals surface area contributed by atoms with Crippen molar-refractivity contribution in [3.05, 3.63) is 126 Å². The number of nitrogens with one attached hydrogen (secondary N) is 1. The Morgan fingerprint density at radius 3 is 1.98 bits per heavy atom. The minimum Gasteiger partial charge on any atom is -0.457 e. The van der Waals surface area contributed by atoms with Crippen molar-refractivity contribution in [2.75, 3.05) is 23.7 Å². The molecule has 0 radical (unpaired) electrons. The van der Waals surface area contributed by atoms with Crippen molar-refractivity contribution in [3.8, 4) is 11.5 Å². The molecule has 0 bridgehead atoms. The summed E-state index contributed by atoms with van der Waals surface area (Å²) in [6.07, 6.45) is 1.34. The molecule has 4 aromatic carbocycles. The molecule has 0 spiro atoms. The van der Waals surface area contributed by atoms with Crippen LogP contribution in [0.4, 0.5) is 5.69 Å². The molecule has 236 valence electrons. The topological polar surface area (TPSA) is 96.0 Å². The third-order valence-corrected chi connectivity index (χ3v) is 8.48. The maximum Gasteiger partial charge on any atom is 0.244 e. The number of amides is 2. The normalized spacial score (nSPS) is 11.9. The lowest BCUT2D eigenvalue weighted by Gasteiger charge is -2.34. The molecule has 0 aliphatic rings. The highest BCUT2D eigenvalue weighted by Crippen LogP contribution is 2.26. The van der Waals surface area contributed by atoms with Gasteiger partial charge in [-0.1, -0.05) is 86.6 Å². The highest BCUT2D eigenvalue weighted by Gasteiger charge is 2.33. The second-order valence-electron chi connectivity index (χ2n) is 11.5. The summed E-state index contributed by atoms with van der Waals surface area (Å²) in [7, 11) is -3.88. The Morgan fingerprint density at radius 2 is 1.38 bits per heavy atom. The number of carbonyl (C=O) groups is 2. The van der Waals surface area contributed by atoms with Gasteiger partial charge < -0.3 is 15.0 Å². The molecule has 8 nitrogen and oxygen atoms in total. The van der Waals surface area contributed by atoms with Gasteiger partial charge in [-0.25, -0.2) is 8.42 Å². The van der Waals surface area contributed by atoms with Crippen molar-refractivity contribution < 1.29 is 22.7 Å². The van der Waals surface area contributed by atoms with Crippen molar-refractivity contribution in [1.82, 2.24) is 10.2 Å². The van der Waals surface area contributed by atoms with E-state index in [9.17, 15) is 18.0 Å². The van der Waals surface area contributed by atoms with Gasteiger partial charge in [0.2, 0.25) is 21.8 Å². The Morgan fingerprint density at radius 1 is 0.800 bits per heavy atom. The highest BCUT2D eigenvalue weighted by atomic mass is 32.2. The molecule has 2 amide bonds. The number of sulfonamides is 1. The summed E-state index contributed by atoms with van der Waals surface area (Å²) in [5.41, 5.74) is 3.03. The number of para-hydroxylation sites is 1. The predicted octanol–water partition coefficient (Wildman–Crippen LogP) is 5.97. The third-order valence-electron chi connectivity index (χ3n) is 7.34. The first-order valence-corrected chi connectivity index (χ1v) is 16.8. The van der Waals surface area contributed by atoms with E-state index >= 15 is 0 Å². The summed E-state index contributed by atoms with van der Waals surface area (Å²) < 4.78 is 33.1. The number of hydrogen-bond donors (Lipinski definition) is 1. The zero-order valence-electron chi connectivity index (χ0n) is 26.2. The van der Waals surface area contributed by atoms with Gasteiger partial charge in [0.15, 0.2) is 0 Å². The summed E-state index contributed by atoms with van der Waals surface area (Å²) >= 11 is 0. The average Bonchev–Trinajstić information content (AvgIpc) is 3.02. The molecular formula is C36H41N3O5S. The predicted molar refractivity (Wildman–Crippen MR) is 179 cm³/mol. The maximum atomic E-state index is 14.3. The SMILES string of the molecule is Cc1ccccc1CN(C(=O)CN(c1ccc(Oc2ccccc2)cc1)S(C)(=O)=O)[C@H](Cc1ccccc1)C(=O)NCC(C)C. The summed E-state index contributed by atoms with van der Waals surface area (Å²) in [5, 5.41) is 3.00. The number of carbonyl (C=O) groups excluding carboxylic acids is 2. The highest BCUT2D eigenvalue weighted by molar-refractivity contribution is 7.92. The molecule has 0 heterocycles. The Balaban J connectivity index is 1.68. The van der Waals surface area contributed by atoms with Crippen molar-refractivity contribution in [3.63, 3.8) is 0 Å². The summed E-state index contributed by atoms with van der Waals surface area (Å²) in [6, 6.07) is 32.1. The minimum absolute atomic E-state index is 0.138. The van der Waals surface area contributed by atoms with Gasteiger partial charge in [0, 0.05) is 19.5 Å². The molecule has 0 saturated heterocycles. The summed E-state index contributed by atoms with van der Waals surface area (Å²) in [5.74, 6) is 0.598. The van der Waals surface area contributed by atoms with Crippen molar-refractivity contribution in [1.29, 1.82) is 0 Å². The van der Waals surface area contributed by atoms with Gasteiger partial charge in [0.25, 0.3) is 0 Å². The number of rotatable bonds is 14. The maximum absolute atomic E-state index is 14.3. The number of anilines is 1. The molecule has 4 rings (SSSR count). The van der Waals surface area contributed by atoms with Gasteiger partial charge in [-0.15, -0.1) is 0 Å². The third kappa shape index (κ3) is 9.68. The van der Waals surface area contributed by atoms with E-state index < -0.39 is 28.5 Å². The molecule has 1 atom stereocenters. The van der Waals surface area contributed by atoms with E-state index in [1.165, 1.54) is 4.90 Å². The van der Waals surface area contributed by atoms with Crippen LogP contribution in [-0.4, -0.2) is 50.5 Å². The fraction of sp³-hybridized carbons (Fsp3) is 0.278. The van der Waals surface area contributed by atoms with Gasteiger partial charge in [-0.05, 0) is 65.9 Å². The molecule has 45 heavy (non-hydrogen) atoms. The minimum atomic E-state index is -3.88. The zero-order valence-corrected chi connectivity index (χ0v) is 27.0.